The number of hydrogen-bond donors (Lipinski definition) is 0. The van der Waals surface area contributed by atoms with Crippen LogP contribution in [0.4, 0.5) is 5.82 Å². The van der Waals surface area contributed by atoms with Gasteiger partial charge < -0.3 is 9.64 Å². The number of rotatable bonds is 1. The second-order valence-corrected chi connectivity index (χ2v) is 5.44. The number of anilines is 1. The zero-order valence-electron chi connectivity index (χ0n) is 10.4. The van der Waals surface area contributed by atoms with Crippen molar-refractivity contribution >= 4 is 23.1 Å². The summed E-state index contributed by atoms with van der Waals surface area (Å²) in [6, 6.07) is 3.71. The van der Waals surface area contributed by atoms with Crippen LogP contribution >= 0.6 is 11.6 Å². The van der Waals surface area contributed by atoms with Gasteiger partial charge in [0.25, 0.3) is 0 Å². The molecule has 2 aromatic rings. The number of nitrogens with zero attached hydrogens (tertiary/aromatic N) is 4. The Bertz CT molecular complexity index is 580. The van der Waals surface area contributed by atoms with Crippen LogP contribution in [0.3, 0.4) is 0 Å². The Kier molecular flexibility index (Phi) is 2.68. The summed E-state index contributed by atoms with van der Waals surface area (Å²) in [5, 5.41) is 4.80. The SMILES string of the molecule is CC1(C)COCCN1c1cc(Cl)nc2ccnn12. The molecule has 1 saturated heterocycles. The predicted molar refractivity (Wildman–Crippen MR) is 70.2 cm³/mol. The van der Waals surface area contributed by atoms with E-state index in [1.165, 1.54) is 0 Å². The quantitative estimate of drug-likeness (QED) is 0.741. The molecule has 0 saturated carbocycles. The fourth-order valence-electron chi connectivity index (χ4n) is 2.34. The minimum absolute atomic E-state index is 0.0815. The summed E-state index contributed by atoms with van der Waals surface area (Å²) in [4.78, 5) is 6.51. The molecule has 1 fully saturated rings. The average Bonchev–Trinajstić information content (AvgIpc) is 2.75. The normalized spacial score (nSPS) is 19.4. The number of morpholine rings is 1. The Morgan fingerprint density at radius 3 is 3.06 bits per heavy atom. The Balaban J connectivity index is 2.15. The lowest BCUT2D eigenvalue weighted by Crippen LogP contribution is -2.53. The Hall–Kier alpha value is -1.33. The van der Waals surface area contributed by atoms with Crippen LogP contribution in [0.2, 0.25) is 5.15 Å². The molecule has 0 spiro atoms. The van der Waals surface area contributed by atoms with E-state index in [2.05, 4.69) is 28.8 Å². The van der Waals surface area contributed by atoms with Crippen molar-refractivity contribution in [3.8, 4) is 0 Å². The van der Waals surface area contributed by atoms with Gasteiger partial charge >= 0.3 is 0 Å². The molecule has 0 atom stereocenters. The van der Waals surface area contributed by atoms with Gasteiger partial charge in [-0.15, -0.1) is 0 Å². The summed E-state index contributed by atoms with van der Waals surface area (Å²) in [7, 11) is 0. The van der Waals surface area contributed by atoms with Crippen molar-refractivity contribution in [3.05, 3.63) is 23.5 Å². The second kappa shape index (κ2) is 4.10. The molecule has 6 heteroatoms. The largest absolute Gasteiger partial charge is 0.377 e. The van der Waals surface area contributed by atoms with E-state index in [1.807, 2.05) is 16.6 Å². The van der Waals surface area contributed by atoms with Crippen LogP contribution in [0.1, 0.15) is 13.8 Å². The van der Waals surface area contributed by atoms with E-state index < -0.39 is 0 Å². The van der Waals surface area contributed by atoms with Gasteiger partial charge in [-0.2, -0.15) is 9.61 Å². The molecular weight excluding hydrogens is 252 g/mol. The van der Waals surface area contributed by atoms with E-state index in [4.69, 9.17) is 16.3 Å². The zero-order chi connectivity index (χ0) is 12.8. The first-order chi connectivity index (χ1) is 8.58. The number of hydrogen-bond acceptors (Lipinski definition) is 4. The van der Waals surface area contributed by atoms with E-state index >= 15 is 0 Å². The molecule has 0 amide bonds. The molecule has 1 aliphatic rings. The van der Waals surface area contributed by atoms with Crippen LogP contribution in [-0.4, -0.2) is 39.9 Å². The van der Waals surface area contributed by atoms with Crippen LogP contribution in [0.5, 0.6) is 0 Å². The topological polar surface area (TPSA) is 42.7 Å². The van der Waals surface area contributed by atoms with Gasteiger partial charge in [0.1, 0.15) is 11.0 Å². The highest BCUT2D eigenvalue weighted by atomic mass is 35.5. The summed E-state index contributed by atoms with van der Waals surface area (Å²) in [5.74, 6) is 0.961. The molecule has 18 heavy (non-hydrogen) atoms. The molecule has 0 aliphatic carbocycles. The van der Waals surface area contributed by atoms with Crippen LogP contribution in [0.25, 0.3) is 5.65 Å². The van der Waals surface area contributed by atoms with Gasteiger partial charge in [-0.1, -0.05) is 11.6 Å². The minimum Gasteiger partial charge on any atom is -0.377 e. The maximum Gasteiger partial charge on any atom is 0.159 e. The Morgan fingerprint density at radius 1 is 1.44 bits per heavy atom. The van der Waals surface area contributed by atoms with E-state index in [0.717, 1.165) is 18.0 Å². The van der Waals surface area contributed by atoms with Crippen molar-refractivity contribution in [1.29, 1.82) is 0 Å². The van der Waals surface area contributed by atoms with Crippen molar-refractivity contribution in [3.63, 3.8) is 0 Å². The first-order valence-electron chi connectivity index (χ1n) is 5.94. The van der Waals surface area contributed by atoms with Crippen LogP contribution in [-0.2, 0) is 4.74 Å². The molecule has 0 aromatic carbocycles. The molecule has 0 bridgehead atoms. The van der Waals surface area contributed by atoms with Crippen molar-refractivity contribution in [2.24, 2.45) is 0 Å². The maximum absolute atomic E-state index is 6.08. The number of ether oxygens (including phenoxy) is 1. The molecule has 3 rings (SSSR count). The third-order valence-electron chi connectivity index (χ3n) is 3.23. The highest BCUT2D eigenvalue weighted by molar-refractivity contribution is 6.29. The molecule has 96 valence electrons. The maximum atomic E-state index is 6.08. The smallest absolute Gasteiger partial charge is 0.159 e. The summed E-state index contributed by atoms with van der Waals surface area (Å²) < 4.78 is 7.36. The number of fused-ring (bicyclic) bond motifs is 1. The third kappa shape index (κ3) is 1.83. The predicted octanol–water partition coefficient (Wildman–Crippen LogP) is 2.00. The van der Waals surface area contributed by atoms with Gasteiger partial charge in [-0.25, -0.2) is 4.98 Å². The van der Waals surface area contributed by atoms with E-state index in [0.29, 0.717) is 18.4 Å². The molecule has 2 aromatic heterocycles. The molecule has 5 nitrogen and oxygen atoms in total. The summed E-state index contributed by atoms with van der Waals surface area (Å²) in [6.45, 7) is 6.52. The average molecular weight is 267 g/mol. The van der Waals surface area contributed by atoms with Gasteiger partial charge in [-0.05, 0) is 13.8 Å². The number of halogens is 1. The fourth-order valence-corrected chi connectivity index (χ4v) is 2.53. The van der Waals surface area contributed by atoms with Crippen molar-refractivity contribution in [1.82, 2.24) is 14.6 Å². The van der Waals surface area contributed by atoms with E-state index in [9.17, 15) is 0 Å². The summed E-state index contributed by atoms with van der Waals surface area (Å²) >= 11 is 6.08. The first kappa shape index (κ1) is 11.7. The number of aromatic nitrogens is 3. The van der Waals surface area contributed by atoms with Crippen molar-refractivity contribution < 1.29 is 4.74 Å². The van der Waals surface area contributed by atoms with Gasteiger partial charge in [0, 0.05) is 18.7 Å². The lowest BCUT2D eigenvalue weighted by atomic mass is 10.0. The van der Waals surface area contributed by atoms with E-state index in [-0.39, 0.29) is 5.54 Å². The van der Waals surface area contributed by atoms with Crippen molar-refractivity contribution in [2.45, 2.75) is 19.4 Å². The lowest BCUT2D eigenvalue weighted by molar-refractivity contribution is 0.0636. The molecule has 0 N–H and O–H groups in total. The summed E-state index contributed by atoms with van der Waals surface area (Å²) in [6.07, 6.45) is 1.73. The van der Waals surface area contributed by atoms with Gasteiger partial charge in [0.2, 0.25) is 0 Å². The first-order valence-corrected chi connectivity index (χ1v) is 6.31. The molecule has 3 heterocycles. The minimum atomic E-state index is -0.0815. The van der Waals surface area contributed by atoms with E-state index in [1.54, 1.807) is 6.20 Å². The van der Waals surface area contributed by atoms with Crippen LogP contribution in [0, 0.1) is 0 Å². The molecule has 1 aliphatic heterocycles. The third-order valence-corrected chi connectivity index (χ3v) is 3.42. The highest BCUT2D eigenvalue weighted by Crippen LogP contribution is 2.28. The van der Waals surface area contributed by atoms with Crippen LogP contribution < -0.4 is 4.90 Å². The fraction of sp³-hybridized carbons (Fsp3) is 0.500. The molecule has 0 radical (unpaired) electrons. The van der Waals surface area contributed by atoms with Crippen molar-refractivity contribution in [2.75, 3.05) is 24.7 Å². The van der Waals surface area contributed by atoms with Gasteiger partial charge in [0.15, 0.2) is 5.65 Å². The monoisotopic (exact) mass is 266 g/mol. The Labute approximate surface area is 110 Å². The Morgan fingerprint density at radius 2 is 2.28 bits per heavy atom. The highest BCUT2D eigenvalue weighted by Gasteiger charge is 2.32. The second-order valence-electron chi connectivity index (χ2n) is 5.05. The molecule has 0 unspecified atom stereocenters. The zero-order valence-corrected chi connectivity index (χ0v) is 11.2. The van der Waals surface area contributed by atoms with Crippen LogP contribution in [0.15, 0.2) is 18.3 Å². The molecular formula is C12H15ClN4O. The summed E-state index contributed by atoms with van der Waals surface area (Å²) in [5.41, 5.74) is 0.682. The van der Waals surface area contributed by atoms with Gasteiger partial charge in [-0.3, -0.25) is 0 Å². The van der Waals surface area contributed by atoms with Gasteiger partial charge in [0.05, 0.1) is 24.9 Å². The standard InChI is InChI=1S/C12H15ClN4O/c1-12(2)8-18-6-5-16(12)11-7-9(13)15-10-3-4-14-17(10)11/h3-4,7H,5-6,8H2,1-2H3. The lowest BCUT2D eigenvalue weighted by Gasteiger charge is -2.43.